The normalized spacial score (nSPS) is 19.2. The molecular formula is C22H23NO. The van der Waals surface area contributed by atoms with Crippen LogP contribution in [0.3, 0.4) is 0 Å². The molecule has 2 heteroatoms. The smallest absolute Gasteiger partial charge is 0.187 e. The summed E-state index contributed by atoms with van der Waals surface area (Å²) in [5, 5.41) is 0. The molecule has 0 N–H and O–H groups in total. The van der Waals surface area contributed by atoms with Crippen molar-refractivity contribution in [3.63, 3.8) is 0 Å². The van der Waals surface area contributed by atoms with Gasteiger partial charge in [0.15, 0.2) is 5.78 Å². The Kier molecular flexibility index (Phi) is 4.77. The van der Waals surface area contributed by atoms with Gasteiger partial charge in [-0.25, -0.2) is 0 Å². The minimum absolute atomic E-state index is 0.166. The van der Waals surface area contributed by atoms with E-state index in [4.69, 9.17) is 0 Å². The van der Waals surface area contributed by atoms with Crippen molar-refractivity contribution in [2.24, 2.45) is 0 Å². The van der Waals surface area contributed by atoms with E-state index >= 15 is 0 Å². The first-order valence-electron chi connectivity index (χ1n) is 8.30. The summed E-state index contributed by atoms with van der Waals surface area (Å²) in [5.41, 5.74) is 6.33. The maximum Gasteiger partial charge on any atom is 0.187 e. The Morgan fingerprint density at radius 3 is 1.62 bits per heavy atom. The molecule has 1 fully saturated rings. The molecule has 0 aromatic heterocycles. The first kappa shape index (κ1) is 16.4. The van der Waals surface area contributed by atoms with Crippen LogP contribution in [0.25, 0.3) is 12.2 Å². The molecule has 2 aromatic rings. The zero-order valence-corrected chi connectivity index (χ0v) is 14.5. The van der Waals surface area contributed by atoms with Crippen LogP contribution in [0.4, 0.5) is 0 Å². The molecule has 3 rings (SSSR count). The van der Waals surface area contributed by atoms with E-state index in [1.807, 2.05) is 36.4 Å². The topological polar surface area (TPSA) is 20.3 Å². The van der Waals surface area contributed by atoms with Crippen LogP contribution in [-0.2, 0) is 4.79 Å². The van der Waals surface area contributed by atoms with Crippen LogP contribution in [0.15, 0.2) is 59.7 Å². The van der Waals surface area contributed by atoms with Gasteiger partial charge in [-0.15, -0.1) is 0 Å². The molecule has 2 nitrogen and oxygen atoms in total. The summed E-state index contributed by atoms with van der Waals surface area (Å²) in [5.74, 6) is 0.166. The van der Waals surface area contributed by atoms with Crippen LogP contribution in [0.5, 0.6) is 0 Å². The molecule has 0 radical (unpaired) electrons. The Morgan fingerprint density at radius 2 is 1.21 bits per heavy atom. The van der Waals surface area contributed by atoms with Crippen LogP contribution in [-0.4, -0.2) is 30.8 Å². The minimum atomic E-state index is 0.166. The Balaban J connectivity index is 1.98. The van der Waals surface area contributed by atoms with Crippen molar-refractivity contribution in [2.75, 3.05) is 20.1 Å². The van der Waals surface area contributed by atoms with Gasteiger partial charge in [0.05, 0.1) is 0 Å². The average Bonchev–Trinajstić information content (AvgIpc) is 2.56. The van der Waals surface area contributed by atoms with Crippen molar-refractivity contribution in [1.82, 2.24) is 4.90 Å². The molecule has 1 aliphatic rings. The molecular weight excluding hydrogens is 294 g/mol. The Hall–Kier alpha value is -2.45. The second-order valence-corrected chi connectivity index (χ2v) is 6.55. The number of hydrogen-bond acceptors (Lipinski definition) is 2. The van der Waals surface area contributed by atoms with Gasteiger partial charge >= 0.3 is 0 Å². The van der Waals surface area contributed by atoms with E-state index in [1.54, 1.807) is 0 Å². The lowest BCUT2D eigenvalue weighted by atomic mass is 9.93. The quantitative estimate of drug-likeness (QED) is 0.770. The van der Waals surface area contributed by atoms with E-state index < -0.39 is 0 Å². The predicted octanol–water partition coefficient (Wildman–Crippen LogP) is 4.28. The molecule has 1 heterocycles. The maximum atomic E-state index is 12.9. The molecule has 1 saturated heterocycles. The molecule has 0 atom stereocenters. The molecule has 0 saturated carbocycles. The number of carbonyl (C=O) groups is 1. The van der Waals surface area contributed by atoms with E-state index in [0.29, 0.717) is 13.1 Å². The maximum absolute atomic E-state index is 12.9. The molecule has 0 amide bonds. The number of likely N-dealkylation sites (tertiary alicyclic amines) is 1. The van der Waals surface area contributed by atoms with Gasteiger partial charge in [-0.05, 0) is 55.3 Å². The standard InChI is InChI=1S/C22H23NO/c1-16-8-4-6-10-18(16)12-20-14-23(3)15-21(22(20)24)13-19-11-7-5-9-17(19)2/h4-13H,14-15H2,1-3H3/b20-12+,21-13+. The van der Waals surface area contributed by atoms with Gasteiger partial charge in [0.1, 0.15) is 0 Å². The third-order valence-corrected chi connectivity index (χ3v) is 4.50. The van der Waals surface area contributed by atoms with Gasteiger partial charge in [0, 0.05) is 24.2 Å². The predicted molar refractivity (Wildman–Crippen MR) is 101 cm³/mol. The largest absolute Gasteiger partial charge is 0.298 e. The summed E-state index contributed by atoms with van der Waals surface area (Å²) in [4.78, 5) is 15.1. The van der Waals surface area contributed by atoms with E-state index in [-0.39, 0.29) is 5.78 Å². The number of carbonyl (C=O) groups excluding carboxylic acids is 1. The Labute approximate surface area is 144 Å². The number of aryl methyl sites for hydroxylation is 2. The lowest BCUT2D eigenvalue weighted by molar-refractivity contribution is -0.113. The number of rotatable bonds is 2. The molecule has 0 aliphatic carbocycles. The van der Waals surface area contributed by atoms with Crippen LogP contribution >= 0.6 is 0 Å². The fraction of sp³-hybridized carbons (Fsp3) is 0.227. The zero-order valence-electron chi connectivity index (χ0n) is 14.5. The first-order chi connectivity index (χ1) is 11.5. The lowest BCUT2D eigenvalue weighted by Gasteiger charge is -2.26. The Bertz CT molecular complexity index is 762. The first-order valence-corrected chi connectivity index (χ1v) is 8.30. The average molecular weight is 317 g/mol. The fourth-order valence-corrected chi connectivity index (χ4v) is 3.08. The minimum Gasteiger partial charge on any atom is -0.298 e. The monoisotopic (exact) mass is 317 g/mol. The van der Waals surface area contributed by atoms with Crippen LogP contribution in [0, 0.1) is 13.8 Å². The number of likely N-dealkylation sites (N-methyl/N-ethyl adjacent to an activating group) is 1. The number of hydrogen-bond donors (Lipinski definition) is 0. The molecule has 0 bridgehead atoms. The highest BCUT2D eigenvalue weighted by molar-refractivity contribution is 6.14. The molecule has 122 valence electrons. The molecule has 0 unspecified atom stereocenters. The van der Waals surface area contributed by atoms with Crippen molar-refractivity contribution in [3.05, 3.63) is 81.9 Å². The number of benzene rings is 2. The summed E-state index contributed by atoms with van der Waals surface area (Å²) in [6.07, 6.45) is 4.08. The van der Waals surface area contributed by atoms with Crippen molar-refractivity contribution in [2.45, 2.75) is 13.8 Å². The van der Waals surface area contributed by atoms with E-state index in [2.05, 4.69) is 50.1 Å². The third kappa shape index (κ3) is 3.55. The van der Waals surface area contributed by atoms with Gasteiger partial charge in [-0.3, -0.25) is 9.69 Å². The van der Waals surface area contributed by atoms with Crippen molar-refractivity contribution in [1.29, 1.82) is 0 Å². The van der Waals surface area contributed by atoms with Gasteiger partial charge in [0.25, 0.3) is 0 Å². The summed E-state index contributed by atoms with van der Waals surface area (Å²) in [6, 6.07) is 16.4. The van der Waals surface area contributed by atoms with E-state index in [0.717, 1.165) is 22.3 Å². The Morgan fingerprint density at radius 1 is 0.792 bits per heavy atom. The number of ketones is 1. The second kappa shape index (κ2) is 6.98. The number of Topliss-reactive ketones (excluding diaryl/α,β-unsaturated/α-hetero) is 1. The molecule has 2 aromatic carbocycles. The fourth-order valence-electron chi connectivity index (χ4n) is 3.08. The van der Waals surface area contributed by atoms with Crippen molar-refractivity contribution < 1.29 is 4.79 Å². The van der Waals surface area contributed by atoms with Crippen LogP contribution in [0.2, 0.25) is 0 Å². The summed E-state index contributed by atoms with van der Waals surface area (Å²) < 4.78 is 0. The van der Waals surface area contributed by atoms with Gasteiger partial charge in [0.2, 0.25) is 0 Å². The summed E-state index contributed by atoms with van der Waals surface area (Å²) >= 11 is 0. The summed E-state index contributed by atoms with van der Waals surface area (Å²) in [6.45, 7) is 5.54. The highest BCUT2D eigenvalue weighted by Crippen LogP contribution is 2.23. The van der Waals surface area contributed by atoms with Gasteiger partial charge in [-0.2, -0.15) is 0 Å². The second-order valence-electron chi connectivity index (χ2n) is 6.55. The van der Waals surface area contributed by atoms with E-state index in [1.165, 1.54) is 11.1 Å². The van der Waals surface area contributed by atoms with Crippen LogP contribution in [0.1, 0.15) is 22.3 Å². The highest BCUT2D eigenvalue weighted by Gasteiger charge is 2.24. The molecule has 0 spiro atoms. The van der Waals surface area contributed by atoms with Crippen molar-refractivity contribution >= 4 is 17.9 Å². The third-order valence-electron chi connectivity index (χ3n) is 4.50. The SMILES string of the molecule is Cc1ccccc1/C=C1\CN(C)C/C(=C\c2ccccc2C)C1=O. The van der Waals surface area contributed by atoms with Gasteiger partial charge in [-0.1, -0.05) is 48.5 Å². The van der Waals surface area contributed by atoms with Crippen molar-refractivity contribution in [3.8, 4) is 0 Å². The lowest BCUT2D eigenvalue weighted by Crippen LogP contribution is -2.34. The molecule has 24 heavy (non-hydrogen) atoms. The highest BCUT2D eigenvalue weighted by atomic mass is 16.1. The van der Waals surface area contributed by atoms with Gasteiger partial charge < -0.3 is 0 Å². The summed E-state index contributed by atoms with van der Waals surface area (Å²) in [7, 11) is 2.06. The number of nitrogens with zero attached hydrogens (tertiary/aromatic N) is 1. The molecule has 1 aliphatic heterocycles. The number of piperidine rings is 1. The van der Waals surface area contributed by atoms with E-state index in [9.17, 15) is 4.79 Å². The zero-order chi connectivity index (χ0) is 17.1. The van der Waals surface area contributed by atoms with Crippen LogP contribution < -0.4 is 0 Å².